The molecule has 0 radical (unpaired) electrons. The van der Waals surface area contributed by atoms with Crippen LogP contribution in [0.4, 0.5) is 0 Å². The highest BCUT2D eigenvalue weighted by Gasteiger charge is 2.33. The van der Waals surface area contributed by atoms with Crippen LogP contribution in [-0.4, -0.2) is 29.0 Å². The molecule has 1 unspecified atom stereocenters. The zero-order valence-electron chi connectivity index (χ0n) is 13.7. The van der Waals surface area contributed by atoms with Gasteiger partial charge in [-0.1, -0.05) is 34.1 Å². The van der Waals surface area contributed by atoms with Gasteiger partial charge in [-0.3, -0.25) is 9.59 Å². The number of halogens is 1. The fraction of sp³-hybridized carbons (Fsp3) is 0.263. The molecule has 0 fully saturated rings. The van der Waals surface area contributed by atoms with Gasteiger partial charge in [0.1, 0.15) is 5.75 Å². The number of fused-ring (bicyclic) bond motifs is 1. The lowest BCUT2D eigenvalue weighted by molar-refractivity contribution is -0.137. The van der Waals surface area contributed by atoms with Gasteiger partial charge in [0.05, 0.1) is 13.2 Å². The van der Waals surface area contributed by atoms with E-state index in [1.54, 1.807) is 12.0 Å². The Morgan fingerprint density at radius 1 is 1.32 bits per heavy atom. The number of hydrogen-bond donors (Lipinski definition) is 1. The van der Waals surface area contributed by atoms with Gasteiger partial charge in [0.2, 0.25) is 0 Å². The van der Waals surface area contributed by atoms with Crippen molar-refractivity contribution < 1.29 is 19.4 Å². The Morgan fingerprint density at radius 3 is 2.84 bits per heavy atom. The van der Waals surface area contributed by atoms with Crippen molar-refractivity contribution in [3.63, 3.8) is 0 Å². The summed E-state index contributed by atoms with van der Waals surface area (Å²) in [5.74, 6) is -0.265. The first-order valence-corrected chi connectivity index (χ1v) is 8.74. The van der Waals surface area contributed by atoms with Crippen molar-refractivity contribution in [3.8, 4) is 5.75 Å². The zero-order chi connectivity index (χ0) is 18.0. The molecule has 0 aromatic heterocycles. The van der Waals surface area contributed by atoms with Crippen molar-refractivity contribution in [1.82, 2.24) is 4.90 Å². The summed E-state index contributed by atoms with van der Waals surface area (Å²) in [6.07, 6.45) is 0.342. The summed E-state index contributed by atoms with van der Waals surface area (Å²) in [6.45, 7) is 0.475. The van der Waals surface area contributed by atoms with Gasteiger partial charge in [-0.15, -0.1) is 0 Å². The number of benzene rings is 2. The van der Waals surface area contributed by atoms with Crippen LogP contribution in [0.25, 0.3) is 0 Å². The molecule has 130 valence electrons. The topological polar surface area (TPSA) is 66.8 Å². The highest BCUT2D eigenvalue weighted by atomic mass is 79.9. The highest BCUT2D eigenvalue weighted by Crippen LogP contribution is 2.36. The largest absolute Gasteiger partial charge is 0.497 e. The predicted octanol–water partition coefficient (Wildman–Crippen LogP) is 4.02. The summed E-state index contributed by atoms with van der Waals surface area (Å²) in [5, 5.41) is 9.09. The molecule has 0 aliphatic carbocycles. The van der Waals surface area contributed by atoms with E-state index < -0.39 is 5.97 Å². The lowest BCUT2D eigenvalue weighted by atomic mass is 10.00. The SMILES string of the molecule is COc1cccc(C(CCC(=O)O)N2Cc3ccc(Br)cc3C2=O)c1. The monoisotopic (exact) mass is 403 g/mol. The molecule has 1 heterocycles. The molecule has 2 aromatic rings. The molecule has 1 atom stereocenters. The number of methoxy groups -OCH3 is 1. The van der Waals surface area contributed by atoms with Gasteiger partial charge in [0, 0.05) is 23.0 Å². The Balaban J connectivity index is 1.95. The Kier molecular flexibility index (Phi) is 5.08. The molecule has 0 spiro atoms. The third kappa shape index (κ3) is 3.69. The maximum atomic E-state index is 12.9. The summed E-state index contributed by atoms with van der Waals surface area (Å²) in [7, 11) is 1.58. The van der Waals surface area contributed by atoms with Gasteiger partial charge in [-0.2, -0.15) is 0 Å². The molecule has 0 bridgehead atoms. The first-order valence-electron chi connectivity index (χ1n) is 7.94. The highest BCUT2D eigenvalue weighted by molar-refractivity contribution is 9.10. The fourth-order valence-electron chi connectivity index (χ4n) is 3.16. The van der Waals surface area contributed by atoms with Crippen LogP contribution >= 0.6 is 15.9 Å². The Morgan fingerprint density at radius 2 is 2.12 bits per heavy atom. The summed E-state index contributed by atoms with van der Waals surface area (Å²) < 4.78 is 6.12. The van der Waals surface area contributed by atoms with Gasteiger partial charge in [-0.05, 0) is 41.8 Å². The first-order chi connectivity index (χ1) is 12.0. The van der Waals surface area contributed by atoms with Crippen LogP contribution in [0.2, 0.25) is 0 Å². The number of carbonyl (C=O) groups excluding carboxylic acids is 1. The molecule has 5 nitrogen and oxygen atoms in total. The number of ether oxygens (including phenoxy) is 1. The average molecular weight is 404 g/mol. The van der Waals surface area contributed by atoms with Gasteiger partial charge in [0.25, 0.3) is 5.91 Å². The van der Waals surface area contributed by atoms with Crippen LogP contribution < -0.4 is 4.74 Å². The standard InChI is InChI=1S/C19H18BrNO4/c1-25-15-4-2-3-12(9-15)17(7-8-18(22)23)21-11-13-5-6-14(20)10-16(13)19(21)24/h2-6,9-10,17H,7-8,11H2,1H3,(H,22,23). The minimum Gasteiger partial charge on any atom is -0.497 e. The maximum absolute atomic E-state index is 12.9. The van der Waals surface area contributed by atoms with E-state index in [1.165, 1.54) is 0 Å². The van der Waals surface area contributed by atoms with Crippen LogP contribution in [0.3, 0.4) is 0 Å². The number of carboxylic acids is 1. The van der Waals surface area contributed by atoms with Gasteiger partial charge in [0.15, 0.2) is 0 Å². The smallest absolute Gasteiger partial charge is 0.303 e. The van der Waals surface area contributed by atoms with Crippen LogP contribution in [0.5, 0.6) is 5.75 Å². The number of nitrogens with zero attached hydrogens (tertiary/aromatic N) is 1. The normalized spacial score (nSPS) is 14.3. The zero-order valence-corrected chi connectivity index (χ0v) is 15.3. The Labute approximate surface area is 154 Å². The molecular formula is C19H18BrNO4. The lowest BCUT2D eigenvalue weighted by Crippen LogP contribution is -2.29. The van der Waals surface area contributed by atoms with Gasteiger partial charge in [-0.25, -0.2) is 0 Å². The summed E-state index contributed by atoms with van der Waals surface area (Å²) in [5.41, 5.74) is 2.50. The van der Waals surface area contributed by atoms with E-state index in [9.17, 15) is 9.59 Å². The second-order valence-corrected chi connectivity index (χ2v) is 6.88. The third-order valence-electron chi connectivity index (χ3n) is 4.39. The summed E-state index contributed by atoms with van der Waals surface area (Å²) >= 11 is 3.40. The number of carbonyl (C=O) groups is 2. The van der Waals surface area contributed by atoms with Crippen molar-refractivity contribution in [2.75, 3.05) is 7.11 Å². The summed E-state index contributed by atoms with van der Waals surface area (Å²) in [4.78, 5) is 25.7. The molecule has 2 aromatic carbocycles. The average Bonchev–Trinajstić information content (AvgIpc) is 2.91. The summed E-state index contributed by atoms with van der Waals surface area (Å²) in [6, 6.07) is 12.8. The molecule has 3 rings (SSSR count). The van der Waals surface area contributed by atoms with E-state index in [-0.39, 0.29) is 18.4 Å². The Bertz CT molecular complexity index is 821. The van der Waals surface area contributed by atoms with E-state index in [0.717, 1.165) is 15.6 Å². The molecule has 1 aliphatic heterocycles. The van der Waals surface area contributed by atoms with Crippen LogP contribution in [0.1, 0.15) is 40.4 Å². The van der Waals surface area contributed by atoms with Crippen molar-refractivity contribution in [2.24, 2.45) is 0 Å². The van der Waals surface area contributed by atoms with E-state index in [2.05, 4.69) is 15.9 Å². The predicted molar refractivity (Wildman–Crippen MR) is 96.6 cm³/mol. The van der Waals surface area contributed by atoms with Gasteiger partial charge < -0.3 is 14.7 Å². The lowest BCUT2D eigenvalue weighted by Gasteiger charge is -2.28. The van der Waals surface area contributed by atoms with E-state index in [1.807, 2.05) is 42.5 Å². The number of rotatable bonds is 6. The van der Waals surface area contributed by atoms with Gasteiger partial charge >= 0.3 is 5.97 Å². The minimum atomic E-state index is -0.875. The van der Waals surface area contributed by atoms with E-state index >= 15 is 0 Å². The number of carboxylic acid groups (broad SMARTS) is 1. The molecule has 1 N–H and O–H groups in total. The van der Waals surface area contributed by atoms with Crippen molar-refractivity contribution in [3.05, 3.63) is 63.6 Å². The second kappa shape index (κ2) is 7.27. The van der Waals surface area contributed by atoms with Crippen LogP contribution in [0, 0.1) is 0 Å². The molecule has 25 heavy (non-hydrogen) atoms. The molecule has 6 heteroatoms. The van der Waals surface area contributed by atoms with Crippen molar-refractivity contribution in [1.29, 1.82) is 0 Å². The molecular weight excluding hydrogens is 386 g/mol. The molecule has 1 amide bonds. The number of amides is 1. The van der Waals surface area contributed by atoms with Crippen LogP contribution in [-0.2, 0) is 11.3 Å². The molecule has 1 aliphatic rings. The number of aliphatic carboxylic acids is 1. The first kappa shape index (κ1) is 17.5. The number of hydrogen-bond acceptors (Lipinski definition) is 3. The quantitative estimate of drug-likeness (QED) is 0.790. The fourth-order valence-corrected chi connectivity index (χ4v) is 3.52. The molecule has 0 saturated heterocycles. The maximum Gasteiger partial charge on any atom is 0.303 e. The van der Waals surface area contributed by atoms with Crippen LogP contribution in [0.15, 0.2) is 46.9 Å². The third-order valence-corrected chi connectivity index (χ3v) is 4.88. The van der Waals surface area contributed by atoms with Crippen molar-refractivity contribution >= 4 is 27.8 Å². The Hall–Kier alpha value is -2.34. The minimum absolute atomic E-state index is 0.00824. The molecule has 0 saturated carbocycles. The van der Waals surface area contributed by atoms with E-state index in [4.69, 9.17) is 9.84 Å². The van der Waals surface area contributed by atoms with Crippen molar-refractivity contribution in [2.45, 2.75) is 25.4 Å². The second-order valence-electron chi connectivity index (χ2n) is 5.96. The van der Waals surface area contributed by atoms with E-state index in [0.29, 0.717) is 24.3 Å².